The van der Waals surface area contributed by atoms with Crippen LogP contribution in [0, 0.1) is 17.0 Å². The fourth-order valence-electron chi connectivity index (χ4n) is 2.33. The molecule has 2 N–H and O–H groups in total. The molecule has 0 bridgehead atoms. The molecule has 0 unspecified atom stereocenters. The molecule has 1 amide bonds. The Morgan fingerprint density at radius 3 is 2.19 bits per heavy atom. The van der Waals surface area contributed by atoms with Gasteiger partial charge in [0.05, 0.1) is 28.8 Å². The van der Waals surface area contributed by atoms with Crippen molar-refractivity contribution in [2.75, 3.05) is 12.4 Å². The molecule has 26 heavy (non-hydrogen) atoms. The van der Waals surface area contributed by atoms with E-state index in [0.717, 1.165) is 19.2 Å². The van der Waals surface area contributed by atoms with Crippen LogP contribution in [0.5, 0.6) is 0 Å². The predicted molar refractivity (Wildman–Crippen MR) is 90.5 cm³/mol. The van der Waals surface area contributed by atoms with Crippen LogP contribution >= 0.6 is 0 Å². The zero-order valence-corrected chi connectivity index (χ0v) is 13.8. The van der Waals surface area contributed by atoms with Crippen molar-refractivity contribution in [3.63, 3.8) is 0 Å². The van der Waals surface area contributed by atoms with Gasteiger partial charge in [-0.15, -0.1) is 0 Å². The number of carboxylic acids is 1. The Bertz CT molecular complexity index is 904. The fourth-order valence-corrected chi connectivity index (χ4v) is 2.33. The van der Waals surface area contributed by atoms with Crippen LogP contribution in [0.2, 0.25) is 0 Å². The second kappa shape index (κ2) is 7.43. The first-order valence-corrected chi connectivity index (χ1v) is 7.27. The number of ether oxygens (including phenoxy) is 1. The van der Waals surface area contributed by atoms with Gasteiger partial charge in [0.1, 0.15) is 0 Å². The van der Waals surface area contributed by atoms with E-state index in [1.807, 2.05) is 0 Å². The Labute approximate surface area is 147 Å². The van der Waals surface area contributed by atoms with Gasteiger partial charge in [-0.2, -0.15) is 0 Å². The molecule has 9 heteroatoms. The minimum absolute atomic E-state index is 0.0899. The number of carboxylic acid groups (broad SMARTS) is 1. The van der Waals surface area contributed by atoms with Crippen LogP contribution in [0.15, 0.2) is 36.4 Å². The molecule has 0 heterocycles. The van der Waals surface area contributed by atoms with Crippen LogP contribution in [-0.4, -0.2) is 35.0 Å². The van der Waals surface area contributed by atoms with Gasteiger partial charge < -0.3 is 15.2 Å². The van der Waals surface area contributed by atoms with Crippen molar-refractivity contribution >= 4 is 29.2 Å². The Balaban J connectivity index is 2.42. The van der Waals surface area contributed by atoms with E-state index in [4.69, 9.17) is 0 Å². The standard InChI is InChI=1S/C17H14N2O7/c1-9-3-8-12(14(16(21)22)13(9)17(23)26-2)18-15(20)10-4-6-11(7-5-10)19(24)25/h3-8H,1-2H3,(H,18,20)(H,21,22). The third-order valence-electron chi connectivity index (χ3n) is 3.61. The zero-order chi connectivity index (χ0) is 19.4. The van der Waals surface area contributed by atoms with Crippen molar-refractivity contribution in [2.45, 2.75) is 6.92 Å². The lowest BCUT2D eigenvalue weighted by Crippen LogP contribution is -2.19. The van der Waals surface area contributed by atoms with E-state index >= 15 is 0 Å². The van der Waals surface area contributed by atoms with Gasteiger partial charge in [0.25, 0.3) is 11.6 Å². The van der Waals surface area contributed by atoms with E-state index in [-0.39, 0.29) is 22.5 Å². The monoisotopic (exact) mass is 358 g/mol. The van der Waals surface area contributed by atoms with Crippen LogP contribution in [0.3, 0.4) is 0 Å². The number of hydrogen-bond donors (Lipinski definition) is 2. The number of nitrogens with one attached hydrogen (secondary N) is 1. The summed E-state index contributed by atoms with van der Waals surface area (Å²) in [6, 6.07) is 7.62. The smallest absolute Gasteiger partial charge is 0.339 e. The Hall–Kier alpha value is -3.75. The molecule has 0 saturated heterocycles. The van der Waals surface area contributed by atoms with Crippen LogP contribution in [-0.2, 0) is 4.74 Å². The second-order valence-electron chi connectivity index (χ2n) is 5.23. The van der Waals surface area contributed by atoms with Gasteiger partial charge in [0, 0.05) is 17.7 Å². The number of carbonyl (C=O) groups is 3. The quantitative estimate of drug-likeness (QED) is 0.476. The maximum absolute atomic E-state index is 12.3. The number of nitrogens with zero attached hydrogens (tertiary/aromatic N) is 1. The molecule has 9 nitrogen and oxygen atoms in total. The van der Waals surface area contributed by atoms with Crippen LogP contribution < -0.4 is 5.32 Å². The first kappa shape index (κ1) is 18.6. The Kier molecular flexibility index (Phi) is 5.31. The highest BCUT2D eigenvalue weighted by atomic mass is 16.6. The highest BCUT2D eigenvalue weighted by Gasteiger charge is 2.24. The molecule has 0 aliphatic carbocycles. The van der Waals surface area contributed by atoms with Gasteiger partial charge >= 0.3 is 11.9 Å². The Morgan fingerprint density at radius 2 is 1.69 bits per heavy atom. The molecule has 2 rings (SSSR count). The number of esters is 1. The van der Waals surface area contributed by atoms with Gasteiger partial charge in [0.2, 0.25) is 0 Å². The summed E-state index contributed by atoms with van der Waals surface area (Å²) in [5, 5.41) is 22.5. The van der Waals surface area contributed by atoms with E-state index in [2.05, 4.69) is 10.1 Å². The van der Waals surface area contributed by atoms with Crippen LogP contribution in [0.25, 0.3) is 0 Å². The summed E-state index contributed by atoms with van der Waals surface area (Å²) < 4.78 is 4.61. The lowest BCUT2D eigenvalue weighted by molar-refractivity contribution is -0.384. The minimum Gasteiger partial charge on any atom is -0.478 e. The number of nitro groups is 1. The average Bonchev–Trinajstić information content (AvgIpc) is 2.61. The van der Waals surface area contributed by atoms with Crippen molar-refractivity contribution < 1.29 is 29.2 Å². The number of aromatic carboxylic acids is 1. The van der Waals surface area contributed by atoms with Crippen molar-refractivity contribution in [3.05, 3.63) is 68.8 Å². The number of carbonyl (C=O) groups excluding carboxylic acids is 2. The van der Waals surface area contributed by atoms with Crippen LogP contribution in [0.4, 0.5) is 11.4 Å². The van der Waals surface area contributed by atoms with Crippen molar-refractivity contribution in [2.24, 2.45) is 0 Å². The van der Waals surface area contributed by atoms with E-state index < -0.39 is 28.3 Å². The second-order valence-corrected chi connectivity index (χ2v) is 5.23. The number of nitro benzene ring substituents is 1. The SMILES string of the molecule is COC(=O)c1c(C)ccc(NC(=O)c2ccc([N+](=O)[O-])cc2)c1C(=O)O. The third-order valence-corrected chi connectivity index (χ3v) is 3.61. The first-order valence-electron chi connectivity index (χ1n) is 7.27. The molecule has 0 atom stereocenters. The molecular weight excluding hydrogens is 344 g/mol. The van der Waals surface area contributed by atoms with Gasteiger partial charge in [0.15, 0.2) is 0 Å². The van der Waals surface area contributed by atoms with Crippen LogP contribution in [0.1, 0.15) is 36.6 Å². The number of non-ortho nitro benzene ring substituents is 1. The summed E-state index contributed by atoms with van der Waals surface area (Å²) in [6.07, 6.45) is 0. The van der Waals surface area contributed by atoms with Gasteiger partial charge in [-0.3, -0.25) is 14.9 Å². The summed E-state index contributed by atoms with van der Waals surface area (Å²) in [7, 11) is 1.12. The number of benzene rings is 2. The fraction of sp³-hybridized carbons (Fsp3) is 0.118. The Morgan fingerprint density at radius 1 is 1.08 bits per heavy atom. The van der Waals surface area contributed by atoms with E-state index in [1.54, 1.807) is 6.92 Å². The average molecular weight is 358 g/mol. The van der Waals surface area contributed by atoms with E-state index in [1.165, 1.54) is 24.3 Å². The third kappa shape index (κ3) is 3.66. The van der Waals surface area contributed by atoms with Crippen molar-refractivity contribution in [1.29, 1.82) is 0 Å². The summed E-state index contributed by atoms with van der Waals surface area (Å²) >= 11 is 0. The van der Waals surface area contributed by atoms with Crippen molar-refractivity contribution in [1.82, 2.24) is 0 Å². The number of methoxy groups -OCH3 is 1. The lowest BCUT2D eigenvalue weighted by Gasteiger charge is -2.14. The number of rotatable bonds is 5. The van der Waals surface area contributed by atoms with Gasteiger partial charge in [-0.1, -0.05) is 6.07 Å². The lowest BCUT2D eigenvalue weighted by atomic mass is 9.99. The normalized spacial score (nSPS) is 10.1. The van der Waals surface area contributed by atoms with Gasteiger partial charge in [-0.05, 0) is 30.7 Å². The largest absolute Gasteiger partial charge is 0.478 e. The molecule has 0 aliphatic heterocycles. The molecular formula is C17H14N2O7. The molecule has 0 aliphatic rings. The highest BCUT2D eigenvalue weighted by Crippen LogP contribution is 2.25. The number of hydrogen-bond acceptors (Lipinski definition) is 6. The molecule has 0 radical (unpaired) electrons. The van der Waals surface area contributed by atoms with E-state index in [0.29, 0.717) is 5.56 Å². The summed E-state index contributed by atoms with van der Waals surface area (Å²) in [6.45, 7) is 1.54. The summed E-state index contributed by atoms with van der Waals surface area (Å²) in [5.74, 6) is -2.93. The van der Waals surface area contributed by atoms with E-state index in [9.17, 15) is 29.6 Å². The van der Waals surface area contributed by atoms with Crippen molar-refractivity contribution in [3.8, 4) is 0 Å². The number of anilines is 1. The maximum atomic E-state index is 12.3. The molecule has 2 aromatic rings. The topological polar surface area (TPSA) is 136 Å². The molecule has 0 aromatic heterocycles. The molecule has 0 fully saturated rings. The highest BCUT2D eigenvalue weighted by molar-refractivity contribution is 6.12. The molecule has 0 spiro atoms. The molecule has 134 valence electrons. The van der Waals surface area contributed by atoms with Gasteiger partial charge in [-0.25, -0.2) is 9.59 Å². The zero-order valence-electron chi connectivity index (χ0n) is 13.8. The first-order chi connectivity index (χ1) is 12.3. The summed E-state index contributed by atoms with van der Waals surface area (Å²) in [5.41, 5.74) is -0.369. The number of amides is 1. The predicted octanol–water partition coefficient (Wildman–Crippen LogP) is 2.64. The molecule has 0 saturated carbocycles. The summed E-state index contributed by atoms with van der Waals surface area (Å²) in [4.78, 5) is 45.9. The number of aryl methyl sites for hydroxylation is 1. The molecule has 2 aromatic carbocycles. The minimum atomic E-state index is -1.41. The maximum Gasteiger partial charge on any atom is 0.339 e.